The molecule has 6 heteroatoms. The molecule has 0 unspecified atom stereocenters. The summed E-state index contributed by atoms with van der Waals surface area (Å²) in [5.74, 6) is -1.40. The second kappa shape index (κ2) is 8.91. The fourth-order valence-corrected chi connectivity index (χ4v) is 2.10. The first-order valence-electron chi connectivity index (χ1n) is 7.98. The molecule has 0 N–H and O–H groups in total. The fraction of sp³-hybridized carbons (Fsp3) is 0.143. The highest BCUT2D eigenvalue weighted by Crippen LogP contribution is 2.28. The Balaban J connectivity index is 2.13. The quantitative estimate of drug-likeness (QED) is 0.417. The molecule has 27 heavy (non-hydrogen) atoms. The third-order valence-corrected chi connectivity index (χ3v) is 3.48. The molecule has 0 aliphatic carbocycles. The van der Waals surface area contributed by atoms with Crippen molar-refractivity contribution < 1.29 is 28.2 Å². The smallest absolute Gasteiger partial charge is 0.341 e. The van der Waals surface area contributed by atoms with Crippen molar-refractivity contribution in [3.63, 3.8) is 0 Å². The molecule has 0 fully saturated rings. The summed E-state index contributed by atoms with van der Waals surface area (Å²) in [5.41, 5.74) is 1.29. The van der Waals surface area contributed by atoms with Gasteiger partial charge in [-0.3, -0.25) is 0 Å². The summed E-state index contributed by atoms with van der Waals surface area (Å²) in [7, 11) is 1.43. The number of ether oxygens (including phenoxy) is 3. The number of hydrogen-bond donors (Lipinski definition) is 0. The molecule has 5 nitrogen and oxygen atoms in total. The third-order valence-electron chi connectivity index (χ3n) is 3.48. The van der Waals surface area contributed by atoms with Crippen LogP contribution in [-0.2, 0) is 14.3 Å². The summed E-state index contributed by atoms with van der Waals surface area (Å²) in [5, 5.41) is 0. The van der Waals surface area contributed by atoms with Gasteiger partial charge in [0.15, 0.2) is 0 Å². The van der Waals surface area contributed by atoms with Gasteiger partial charge >= 0.3 is 11.9 Å². The van der Waals surface area contributed by atoms with Crippen molar-refractivity contribution in [2.45, 2.75) is 6.92 Å². The Bertz CT molecular complexity index is 884. The van der Waals surface area contributed by atoms with Gasteiger partial charge in [-0.1, -0.05) is 25.3 Å². The molecule has 0 saturated carbocycles. The molecule has 0 spiro atoms. The Morgan fingerprint density at radius 3 is 2.11 bits per heavy atom. The first-order valence-corrected chi connectivity index (χ1v) is 7.98. The lowest BCUT2D eigenvalue weighted by Crippen LogP contribution is -2.14. The molecule has 0 aliphatic heterocycles. The van der Waals surface area contributed by atoms with E-state index in [1.807, 2.05) is 0 Å². The van der Waals surface area contributed by atoms with E-state index in [-0.39, 0.29) is 23.5 Å². The topological polar surface area (TPSA) is 61.8 Å². The van der Waals surface area contributed by atoms with E-state index in [1.165, 1.54) is 19.2 Å². The first-order chi connectivity index (χ1) is 12.8. The minimum Gasteiger partial charge on any atom is -0.423 e. The zero-order valence-corrected chi connectivity index (χ0v) is 15.1. The Morgan fingerprint density at radius 1 is 0.963 bits per heavy atom. The second-order valence-corrected chi connectivity index (χ2v) is 5.76. The highest BCUT2D eigenvalue weighted by Gasteiger charge is 2.13. The minimum atomic E-state index is -0.687. The predicted octanol–water partition coefficient (Wildman–Crippen LogP) is 4.08. The number of esters is 2. The van der Waals surface area contributed by atoms with Gasteiger partial charge in [0.05, 0.1) is 12.2 Å². The fourth-order valence-electron chi connectivity index (χ4n) is 2.10. The number of methoxy groups -OCH3 is 1. The van der Waals surface area contributed by atoms with Crippen molar-refractivity contribution in [2.75, 3.05) is 13.7 Å². The number of rotatable bonds is 7. The van der Waals surface area contributed by atoms with Crippen molar-refractivity contribution >= 4 is 11.9 Å². The zero-order valence-electron chi connectivity index (χ0n) is 15.1. The summed E-state index contributed by atoms with van der Waals surface area (Å²) in [6.45, 7) is 8.61. The van der Waals surface area contributed by atoms with Crippen LogP contribution in [0.25, 0.3) is 11.1 Å². The highest BCUT2D eigenvalue weighted by molar-refractivity contribution is 5.90. The highest BCUT2D eigenvalue weighted by atomic mass is 19.1. The van der Waals surface area contributed by atoms with Gasteiger partial charge in [-0.05, 0) is 36.8 Å². The SMILES string of the molecule is C=C(C)C(=O)Oc1ccc(-c2ccc(OC(=O)C(=C)COC)cc2F)cc1. The zero-order chi connectivity index (χ0) is 20.0. The molecule has 0 amide bonds. The van der Waals surface area contributed by atoms with E-state index in [1.54, 1.807) is 31.2 Å². The lowest BCUT2D eigenvalue weighted by molar-refractivity contribution is -0.131. The van der Waals surface area contributed by atoms with Crippen molar-refractivity contribution in [2.24, 2.45) is 0 Å². The summed E-state index contributed by atoms with van der Waals surface area (Å²) >= 11 is 0. The van der Waals surface area contributed by atoms with Crippen LogP contribution in [0.2, 0.25) is 0 Å². The summed E-state index contributed by atoms with van der Waals surface area (Å²) in [6, 6.07) is 10.4. The second-order valence-electron chi connectivity index (χ2n) is 5.76. The van der Waals surface area contributed by atoms with Crippen LogP contribution in [0.3, 0.4) is 0 Å². The van der Waals surface area contributed by atoms with E-state index in [2.05, 4.69) is 13.2 Å². The number of halogens is 1. The third kappa shape index (κ3) is 5.36. The van der Waals surface area contributed by atoms with E-state index < -0.39 is 17.8 Å². The summed E-state index contributed by atoms with van der Waals surface area (Å²) in [6.07, 6.45) is 0. The Hall–Kier alpha value is -3.25. The van der Waals surface area contributed by atoms with E-state index in [0.29, 0.717) is 16.9 Å². The van der Waals surface area contributed by atoms with Gasteiger partial charge in [0.2, 0.25) is 0 Å². The number of hydrogen-bond acceptors (Lipinski definition) is 5. The maximum atomic E-state index is 14.4. The Labute approximate surface area is 156 Å². The molecule has 0 heterocycles. The van der Waals surface area contributed by atoms with Crippen molar-refractivity contribution in [3.05, 3.63) is 72.6 Å². The van der Waals surface area contributed by atoms with Crippen molar-refractivity contribution in [3.8, 4) is 22.6 Å². The number of carbonyl (C=O) groups is 2. The molecule has 0 radical (unpaired) electrons. The predicted molar refractivity (Wildman–Crippen MR) is 98.9 cm³/mol. The summed E-state index contributed by atoms with van der Waals surface area (Å²) < 4.78 is 29.4. The van der Waals surface area contributed by atoms with Gasteiger partial charge in [-0.25, -0.2) is 14.0 Å². The molecule has 0 saturated heterocycles. The largest absolute Gasteiger partial charge is 0.423 e. The maximum absolute atomic E-state index is 14.4. The molecule has 0 bridgehead atoms. The molecule has 0 aliphatic rings. The first kappa shape index (κ1) is 20.1. The summed E-state index contributed by atoms with van der Waals surface area (Å²) in [4.78, 5) is 23.3. The van der Waals surface area contributed by atoms with Crippen LogP contribution in [-0.4, -0.2) is 25.7 Å². The maximum Gasteiger partial charge on any atom is 0.341 e. The molecular formula is C21H19FO5. The van der Waals surface area contributed by atoms with Gasteiger partial charge in [-0.2, -0.15) is 0 Å². The van der Waals surface area contributed by atoms with Crippen LogP contribution in [0.4, 0.5) is 4.39 Å². The van der Waals surface area contributed by atoms with Gasteiger partial charge in [0.25, 0.3) is 0 Å². The van der Waals surface area contributed by atoms with Gasteiger partial charge in [0.1, 0.15) is 17.3 Å². The van der Waals surface area contributed by atoms with Crippen molar-refractivity contribution in [1.82, 2.24) is 0 Å². The Morgan fingerprint density at radius 2 is 1.56 bits per heavy atom. The lowest BCUT2D eigenvalue weighted by atomic mass is 10.0. The molecule has 2 aromatic rings. The normalized spacial score (nSPS) is 10.2. The van der Waals surface area contributed by atoms with E-state index in [4.69, 9.17) is 14.2 Å². The van der Waals surface area contributed by atoms with Gasteiger partial charge in [0, 0.05) is 24.3 Å². The van der Waals surface area contributed by atoms with Crippen molar-refractivity contribution in [1.29, 1.82) is 0 Å². The number of carbonyl (C=O) groups excluding carboxylic acids is 2. The van der Waals surface area contributed by atoms with E-state index in [0.717, 1.165) is 6.07 Å². The molecule has 0 atom stereocenters. The van der Waals surface area contributed by atoms with Crippen LogP contribution in [0, 0.1) is 5.82 Å². The molecule has 0 aromatic heterocycles. The van der Waals surface area contributed by atoms with E-state index in [9.17, 15) is 14.0 Å². The lowest BCUT2D eigenvalue weighted by Gasteiger charge is -2.09. The molecule has 2 rings (SSSR count). The van der Waals surface area contributed by atoms with Crippen LogP contribution < -0.4 is 9.47 Å². The van der Waals surface area contributed by atoms with Crippen LogP contribution in [0.15, 0.2) is 66.8 Å². The standard InChI is InChI=1S/C21H19FO5/c1-13(2)20(23)26-16-7-5-15(6-8-16)18-10-9-17(11-19(18)22)27-21(24)14(3)12-25-4/h5-11H,1,3,12H2,2,4H3. The van der Waals surface area contributed by atoms with E-state index >= 15 is 0 Å². The average molecular weight is 370 g/mol. The monoisotopic (exact) mass is 370 g/mol. The Kier molecular flexibility index (Phi) is 6.62. The van der Waals surface area contributed by atoms with Crippen LogP contribution in [0.1, 0.15) is 6.92 Å². The molecule has 140 valence electrons. The van der Waals surface area contributed by atoms with Crippen LogP contribution in [0.5, 0.6) is 11.5 Å². The molecular weight excluding hydrogens is 351 g/mol. The molecule has 2 aromatic carbocycles. The average Bonchev–Trinajstić information content (AvgIpc) is 2.62. The number of benzene rings is 2. The van der Waals surface area contributed by atoms with Crippen LogP contribution >= 0.6 is 0 Å². The van der Waals surface area contributed by atoms with Gasteiger partial charge < -0.3 is 14.2 Å². The minimum absolute atomic E-state index is 0.0295. The van der Waals surface area contributed by atoms with Gasteiger partial charge in [-0.15, -0.1) is 0 Å².